The lowest BCUT2D eigenvalue weighted by molar-refractivity contribution is 0.134. The van der Waals surface area contributed by atoms with Gasteiger partial charge in [0.05, 0.1) is 0 Å². The summed E-state index contributed by atoms with van der Waals surface area (Å²) in [6, 6.07) is 8.98. The molecule has 0 spiro atoms. The Balaban J connectivity index is 2.34. The molecule has 14 heavy (non-hydrogen) atoms. The predicted octanol–water partition coefficient (Wildman–Crippen LogP) is 1.59. The average molecular weight is 195 g/mol. The van der Waals surface area contributed by atoms with E-state index in [9.17, 15) is 9.59 Å². The van der Waals surface area contributed by atoms with E-state index >= 15 is 0 Å². The second-order valence-corrected chi connectivity index (χ2v) is 2.49. The Morgan fingerprint density at radius 3 is 2.50 bits per heavy atom. The zero-order valence-corrected chi connectivity index (χ0v) is 7.27. The first kappa shape index (κ1) is 10.0. The molecule has 0 unspecified atom stereocenters. The Hall–Kier alpha value is -2.04. The summed E-state index contributed by atoms with van der Waals surface area (Å²) in [5.74, 6) is 0. The van der Waals surface area contributed by atoms with E-state index in [4.69, 9.17) is 5.11 Å². The van der Waals surface area contributed by atoms with Gasteiger partial charge in [-0.15, -0.1) is 0 Å². The number of imide groups is 1. The van der Waals surface area contributed by atoms with E-state index < -0.39 is 12.2 Å². The van der Waals surface area contributed by atoms with E-state index in [0.29, 0.717) is 0 Å². The van der Waals surface area contributed by atoms with E-state index in [2.05, 4.69) is 4.74 Å². The SMILES string of the molecule is O=C(O)NC(=O)OCc1ccccc1. The van der Waals surface area contributed by atoms with Crippen LogP contribution >= 0.6 is 0 Å². The molecule has 2 N–H and O–H groups in total. The van der Waals surface area contributed by atoms with Crippen molar-refractivity contribution in [2.24, 2.45) is 0 Å². The number of amides is 2. The van der Waals surface area contributed by atoms with Gasteiger partial charge in [0.15, 0.2) is 0 Å². The van der Waals surface area contributed by atoms with Gasteiger partial charge in [-0.1, -0.05) is 30.3 Å². The number of hydrogen-bond acceptors (Lipinski definition) is 3. The van der Waals surface area contributed by atoms with Gasteiger partial charge in [-0.05, 0) is 5.56 Å². The molecule has 0 heterocycles. The number of benzene rings is 1. The van der Waals surface area contributed by atoms with Gasteiger partial charge in [-0.3, -0.25) is 0 Å². The number of alkyl carbamates (subject to hydrolysis) is 1. The van der Waals surface area contributed by atoms with Crippen LogP contribution in [0.1, 0.15) is 5.56 Å². The molecule has 0 aliphatic heterocycles. The van der Waals surface area contributed by atoms with Crippen LogP contribution in [0.3, 0.4) is 0 Å². The van der Waals surface area contributed by atoms with Crippen LogP contribution in [0.2, 0.25) is 0 Å². The molecule has 0 radical (unpaired) electrons. The van der Waals surface area contributed by atoms with Crippen molar-refractivity contribution in [3.63, 3.8) is 0 Å². The highest BCUT2D eigenvalue weighted by molar-refractivity contribution is 5.86. The molecular formula is C9H9NO4. The van der Waals surface area contributed by atoms with Crippen molar-refractivity contribution >= 4 is 12.2 Å². The second kappa shape index (κ2) is 4.86. The summed E-state index contributed by atoms with van der Waals surface area (Å²) in [7, 11) is 0. The first-order chi connectivity index (χ1) is 6.68. The largest absolute Gasteiger partial charge is 0.465 e. The molecule has 1 aromatic rings. The molecule has 0 aliphatic rings. The van der Waals surface area contributed by atoms with E-state index in [1.165, 1.54) is 0 Å². The summed E-state index contributed by atoms with van der Waals surface area (Å²) in [6.45, 7) is 0.0555. The maximum atomic E-state index is 10.7. The molecule has 0 bridgehead atoms. The predicted molar refractivity (Wildman–Crippen MR) is 47.8 cm³/mol. The number of rotatable bonds is 2. The summed E-state index contributed by atoms with van der Waals surface area (Å²) in [6.07, 6.45) is -2.40. The van der Waals surface area contributed by atoms with E-state index in [1.54, 1.807) is 29.6 Å². The molecule has 1 aromatic carbocycles. The summed E-state index contributed by atoms with van der Waals surface area (Å²) >= 11 is 0. The van der Waals surface area contributed by atoms with Crippen LogP contribution in [0.5, 0.6) is 0 Å². The van der Waals surface area contributed by atoms with Crippen LogP contribution in [0.15, 0.2) is 30.3 Å². The van der Waals surface area contributed by atoms with Gasteiger partial charge in [0.2, 0.25) is 0 Å². The summed E-state index contributed by atoms with van der Waals surface area (Å²) in [4.78, 5) is 20.7. The van der Waals surface area contributed by atoms with Gasteiger partial charge in [-0.2, -0.15) is 0 Å². The lowest BCUT2D eigenvalue weighted by Crippen LogP contribution is -2.29. The third-order valence-electron chi connectivity index (χ3n) is 1.42. The van der Waals surface area contributed by atoms with Crippen LogP contribution in [0.25, 0.3) is 0 Å². The summed E-state index contributed by atoms with van der Waals surface area (Å²) < 4.78 is 4.61. The van der Waals surface area contributed by atoms with E-state index in [-0.39, 0.29) is 6.61 Å². The van der Waals surface area contributed by atoms with Crippen molar-refractivity contribution in [2.45, 2.75) is 6.61 Å². The summed E-state index contributed by atoms with van der Waals surface area (Å²) in [5.41, 5.74) is 0.799. The van der Waals surface area contributed by atoms with Gasteiger partial charge in [-0.25, -0.2) is 14.9 Å². The maximum absolute atomic E-state index is 10.7. The molecule has 5 nitrogen and oxygen atoms in total. The first-order valence-electron chi connectivity index (χ1n) is 3.89. The Morgan fingerprint density at radius 1 is 1.29 bits per heavy atom. The van der Waals surface area contributed by atoms with E-state index in [1.807, 2.05) is 6.07 Å². The highest BCUT2D eigenvalue weighted by atomic mass is 16.6. The van der Waals surface area contributed by atoms with Gasteiger partial charge in [0.25, 0.3) is 0 Å². The maximum Gasteiger partial charge on any atom is 0.416 e. The standard InChI is InChI=1S/C9H9NO4/c11-8(12)10-9(13)14-6-7-4-2-1-3-5-7/h1-5H,6H2,(H,10,13)(H,11,12). The monoisotopic (exact) mass is 195 g/mol. The molecule has 0 saturated carbocycles. The molecule has 0 fully saturated rings. The number of carbonyl (C=O) groups is 2. The minimum atomic E-state index is -1.43. The minimum absolute atomic E-state index is 0.0555. The zero-order valence-electron chi connectivity index (χ0n) is 7.27. The smallest absolute Gasteiger partial charge is 0.416 e. The fourth-order valence-corrected chi connectivity index (χ4v) is 0.847. The van der Waals surface area contributed by atoms with Crippen molar-refractivity contribution in [1.29, 1.82) is 0 Å². The number of ether oxygens (including phenoxy) is 1. The van der Waals surface area contributed by atoms with Gasteiger partial charge >= 0.3 is 12.2 Å². The number of nitrogens with one attached hydrogen (secondary N) is 1. The van der Waals surface area contributed by atoms with Crippen molar-refractivity contribution in [3.8, 4) is 0 Å². The van der Waals surface area contributed by atoms with Crippen LogP contribution in [0, 0.1) is 0 Å². The van der Waals surface area contributed by atoms with Crippen molar-refractivity contribution < 1.29 is 19.4 Å². The van der Waals surface area contributed by atoms with Gasteiger partial charge in [0.1, 0.15) is 6.61 Å². The fraction of sp³-hybridized carbons (Fsp3) is 0.111. The molecule has 0 saturated heterocycles. The molecule has 2 amide bonds. The minimum Gasteiger partial charge on any atom is -0.465 e. The normalized spacial score (nSPS) is 9.14. The third-order valence-corrected chi connectivity index (χ3v) is 1.42. The molecule has 74 valence electrons. The molecule has 1 rings (SSSR count). The summed E-state index contributed by atoms with van der Waals surface area (Å²) in [5, 5.41) is 9.74. The number of carboxylic acid groups (broad SMARTS) is 1. The van der Waals surface area contributed by atoms with Crippen molar-refractivity contribution in [1.82, 2.24) is 5.32 Å². The topological polar surface area (TPSA) is 75.6 Å². The van der Waals surface area contributed by atoms with Crippen molar-refractivity contribution in [2.75, 3.05) is 0 Å². The number of carbonyl (C=O) groups excluding carboxylic acids is 1. The van der Waals surface area contributed by atoms with Gasteiger partial charge < -0.3 is 9.84 Å². The first-order valence-corrected chi connectivity index (χ1v) is 3.89. The Kier molecular flexibility index (Phi) is 3.49. The number of hydrogen-bond donors (Lipinski definition) is 2. The highest BCUT2D eigenvalue weighted by Crippen LogP contribution is 2.00. The lowest BCUT2D eigenvalue weighted by Gasteiger charge is -2.03. The van der Waals surface area contributed by atoms with Crippen LogP contribution in [-0.4, -0.2) is 17.3 Å². The Bertz CT molecular complexity index is 323. The molecule has 0 aliphatic carbocycles. The lowest BCUT2D eigenvalue weighted by atomic mass is 10.2. The van der Waals surface area contributed by atoms with Crippen molar-refractivity contribution in [3.05, 3.63) is 35.9 Å². The quantitative estimate of drug-likeness (QED) is 0.751. The third kappa shape index (κ3) is 3.57. The van der Waals surface area contributed by atoms with Crippen LogP contribution < -0.4 is 5.32 Å². The van der Waals surface area contributed by atoms with E-state index in [0.717, 1.165) is 5.56 Å². The Morgan fingerprint density at radius 2 is 1.93 bits per heavy atom. The van der Waals surface area contributed by atoms with Crippen LogP contribution in [0.4, 0.5) is 9.59 Å². The highest BCUT2D eigenvalue weighted by Gasteiger charge is 2.05. The zero-order chi connectivity index (χ0) is 10.4. The average Bonchev–Trinajstić information content (AvgIpc) is 2.15. The van der Waals surface area contributed by atoms with Gasteiger partial charge in [0, 0.05) is 0 Å². The molecular weight excluding hydrogens is 186 g/mol. The molecule has 0 atom stereocenters. The fourth-order valence-electron chi connectivity index (χ4n) is 0.847. The molecule has 5 heteroatoms. The second-order valence-electron chi connectivity index (χ2n) is 2.49. The Labute approximate surface area is 80.3 Å². The van der Waals surface area contributed by atoms with Crippen LogP contribution in [-0.2, 0) is 11.3 Å². The molecule has 0 aromatic heterocycles.